The molecule has 0 aliphatic rings. The van der Waals surface area contributed by atoms with E-state index in [9.17, 15) is 29.4 Å². The molecule has 0 heterocycles. The molecule has 0 aliphatic carbocycles. The summed E-state index contributed by atoms with van der Waals surface area (Å²) in [7, 11) is -10.3. The van der Waals surface area contributed by atoms with Crippen LogP contribution in [0.2, 0.25) is 0 Å². The Balaban J connectivity index is -0.0000000230. The molecule has 4 unspecified atom stereocenters. The van der Waals surface area contributed by atoms with Crippen molar-refractivity contribution in [3.63, 3.8) is 0 Å². The largest absolute Gasteiger partial charge is 1.00 e. The van der Waals surface area contributed by atoms with Crippen molar-refractivity contribution in [2.24, 2.45) is 0 Å². The van der Waals surface area contributed by atoms with Crippen molar-refractivity contribution < 1.29 is 372 Å². The maximum Gasteiger partial charge on any atom is 1.00 e. The van der Waals surface area contributed by atoms with E-state index in [1.54, 1.807) is 0 Å². The predicted octanol–water partition coefficient (Wildman–Crippen LogP) is -27.6. The maximum atomic E-state index is 9.74. The zero-order chi connectivity index (χ0) is 25.6. The second-order valence-corrected chi connectivity index (χ2v) is 5.54. The molecule has 0 bridgehead atoms. The molecule has 30 heteroatoms. The number of carbonyl (C=O) groups excluding carboxylic acids is 2. The zero-order valence-electron chi connectivity index (χ0n) is 20.1. The van der Waals surface area contributed by atoms with Gasteiger partial charge in [0.15, 0.2) is 12.2 Å². The topological polar surface area (TPSA) is 396 Å². The summed E-state index contributed by atoms with van der Waals surface area (Å²) < 4.78 is 68.2. The summed E-state index contributed by atoms with van der Waals surface area (Å²) in [6, 6.07) is 0. The fourth-order valence-corrected chi connectivity index (χ4v) is 0.528. The second-order valence-electron chi connectivity index (χ2n) is 3.91. The van der Waals surface area contributed by atoms with E-state index in [0.717, 1.165) is 0 Å². The standard InChI is InChI=1S/2C4H6O6.2Cu.3K.3Na.2H2O4S/c2*5-1(3(7)8)2(6)4(9)10;;;;;;;;;2*1-5(2,3)4/h2*1-2,5-6H,(H,7,8)(H,9,10);;;;;;;;;2*(H2,1,2,3,4)/q;;;;6*+1;;/p-6. The second kappa shape index (κ2) is 43.4. The van der Waals surface area contributed by atoms with Crippen LogP contribution in [0, 0.1) is 0 Å². The van der Waals surface area contributed by atoms with Crippen molar-refractivity contribution in [1.82, 2.24) is 0 Å². The SMILES string of the molecule is O=C([O-])C(O)C(O)C(=O)O.O=C([O-])C(O)C(O)C(=O)O.O=S(=O)([O-])[O-].O=S(=O)([O-])[O-].[Cu].[Cu].[K+].[K+].[K+].[Na+].[Na+].[Na+]. The average Bonchev–Trinajstić information content (AvgIpc) is 2.48. The van der Waals surface area contributed by atoms with Gasteiger partial charge in [-0.15, -0.1) is 0 Å². The Morgan fingerprint density at radius 1 is 0.500 bits per heavy atom. The van der Waals surface area contributed by atoms with E-state index in [-0.39, 0.29) is 277 Å². The van der Waals surface area contributed by atoms with Crippen LogP contribution in [0.5, 0.6) is 0 Å². The minimum Gasteiger partial charge on any atom is -0.759 e. The van der Waals surface area contributed by atoms with Crippen LogP contribution >= 0.6 is 0 Å². The Hall–Kier alpha value is 6.41. The van der Waals surface area contributed by atoms with Crippen molar-refractivity contribution in [1.29, 1.82) is 0 Å². The molecule has 202 valence electrons. The number of aliphatic carboxylic acids is 4. The number of rotatable bonds is 6. The van der Waals surface area contributed by atoms with Crippen LogP contribution in [0.15, 0.2) is 0 Å². The van der Waals surface area contributed by atoms with Gasteiger partial charge in [0, 0.05) is 54.9 Å². The first-order valence-corrected chi connectivity index (χ1v) is 8.53. The Labute approximate surface area is 430 Å². The van der Waals surface area contributed by atoms with Crippen molar-refractivity contribution in [2.75, 3.05) is 0 Å². The predicted molar refractivity (Wildman–Crippen MR) is 70.3 cm³/mol. The Morgan fingerprint density at radius 3 is 0.632 bits per heavy atom. The molecular weight excluding hydrogens is 794 g/mol. The summed E-state index contributed by atoms with van der Waals surface area (Å²) in [4.78, 5) is 38.8. The van der Waals surface area contributed by atoms with E-state index in [0.29, 0.717) is 0 Å². The number of aliphatic hydroxyl groups is 4. The van der Waals surface area contributed by atoms with Gasteiger partial charge in [0.25, 0.3) is 0 Å². The van der Waals surface area contributed by atoms with Crippen LogP contribution in [0.25, 0.3) is 0 Å². The van der Waals surface area contributed by atoms with Gasteiger partial charge in [-0.2, -0.15) is 0 Å². The summed E-state index contributed by atoms with van der Waals surface area (Å²) in [6.45, 7) is 0. The molecule has 38 heavy (non-hydrogen) atoms. The minimum atomic E-state index is -5.17. The Kier molecular flexibility index (Phi) is 91.0. The van der Waals surface area contributed by atoms with Crippen molar-refractivity contribution in [3.8, 4) is 0 Å². The van der Waals surface area contributed by atoms with Crippen LogP contribution in [0.4, 0.5) is 0 Å². The van der Waals surface area contributed by atoms with Gasteiger partial charge >= 0.3 is 255 Å². The summed E-state index contributed by atoms with van der Waals surface area (Å²) in [5, 5.41) is 68.3. The third-order valence-electron chi connectivity index (χ3n) is 1.59. The number of aliphatic hydroxyl groups excluding tert-OH is 4. The van der Waals surface area contributed by atoms with Gasteiger partial charge in [-0.05, 0) is 0 Å². The molecule has 0 aromatic heterocycles. The molecule has 0 aliphatic heterocycles. The summed E-state index contributed by atoms with van der Waals surface area (Å²) in [6.07, 6.45) is -9.41. The van der Waals surface area contributed by atoms with E-state index in [1.165, 1.54) is 0 Å². The Morgan fingerprint density at radius 2 is 0.605 bits per heavy atom. The van der Waals surface area contributed by atoms with E-state index in [2.05, 4.69) is 0 Å². The number of hydrogen-bond donors (Lipinski definition) is 6. The summed E-state index contributed by atoms with van der Waals surface area (Å²) >= 11 is 0. The van der Waals surface area contributed by atoms with Gasteiger partial charge in [-0.1, -0.05) is 0 Å². The number of hydrogen-bond acceptors (Lipinski definition) is 18. The van der Waals surface area contributed by atoms with Gasteiger partial charge < -0.3 is 68.7 Å². The molecule has 0 fully saturated rings. The average molecular weight is 804 g/mol. The molecule has 0 saturated heterocycles. The minimum absolute atomic E-state index is 0. The third-order valence-corrected chi connectivity index (χ3v) is 1.59. The maximum absolute atomic E-state index is 9.74. The first-order valence-electron chi connectivity index (χ1n) is 5.86. The van der Waals surface area contributed by atoms with Crippen molar-refractivity contribution in [3.05, 3.63) is 0 Å². The first-order chi connectivity index (χ1) is 12.9. The van der Waals surface area contributed by atoms with E-state index >= 15 is 0 Å². The van der Waals surface area contributed by atoms with Gasteiger partial charge in [0.05, 0.1) is 11.9 Å². The molecule has 0 amide bonds. The molecule has 0 saturated carbocycles. The van der Waals surface area contributed by atoms with Gasteiger partial charge in [-0.3, -0.25) is 16.8 Å². The number of carbonyl (C=O) groups is 4. The molecule has 20 nitrogen and oxygen atoms in total. The van der Waals surface area contributed by atoms with Crippen LogP contribution in [-0.4, -0.2) is 114 Å². The molecule has 4 atom stereocenters. The van der Waals surface area contributed by atoms with Crippen LogP contribution in [0.1, 0.15) is 0 Å². The molecular formula is C8H10Cu2K3Na3O20S2. The number of carboxylic acid groups (broad SMARTS) is 4. The normalized spacial score (nSPS) is 11.4. The monoisotopic (exact) mass is 802 g/mol. The smallest absolute Gasteiger partial charge is 0.759 e. The van der Waals surface area contributed by atoms with Gasteiger partial charge in [0.2, 0.25) is 0 Å². The Bertz CT molecular complexity index is 687. The van der Waals surface area contributed by atoms with E-state index in [4.69, 9.17) is 65.7 Å². The quantitative estimate of drug-likeness (QED) is 0.0824. The number of carboxylic acids is 4. The van der Waals surface area contributed by atoms with Crippen LogP contribution < -0.4 is 253 Å². The molecule has 0 rings (SSSR count). The molecule has 0 spiro atoms. The molecule has 0 aromatic carbocycles. The molecule has 6 N–H and O–H groups in total. The summed E-state index contributed by atoms with van der Waals surface area (Å²) in [5.41, 5.74) is 0. The fraction of sp³-hybridized carbons (Fsp3) is 0.500. The van der Waals surface area contributed by atoms with Crippen molar-refractivity contribution >= 4 is 44.7 Å². The third kappa shape index (κ3) is 78.6. The van der Waals surface area contributed by atoms with Gasteiger partial charge in [0.1, 0.15) is 12.2 Å². The van der Waals surface area contributed by atoms with Crippen LogP contribution in [-0.2, 0) is 74.1 Å². The van der Waals surface area contributed by atoms with Gasteiger partial charge in [-0.25, -0.2) is 9.59 Å². The molecule has 0 aromatic rings. The van der Waals surface area contributed by atoms with E-state index < -0.39 is 69.1 Å². The fourth-order valence-electron chi connectivity index (χ4n) is 0.528. The van der Waals surface area contributed by atoms with Crippen molar-refractivity contribution in [2.45, 2.75) is 24.4 Å². The first kappa shape index (κ1) is 79.7. The zero-order valence-corrected chi connectivity index (χ0v) is 39.0. The molecule has 2 radical (unpaired) electrons. The van der Waals surface area contributed by atoms with Crippen LogP contribution in [0.3, 0.4) is 0 Å². The summed E-state index contributed by atoms with van der Waals surface area (Å²) in [5.74, 6) is -7.65. The van der Waals surface area contributed by atoms with E-state index in [1.807, 2.05) is 0 Å².